The van der Waals surface area contributed by atoms with Gasteiger partial charge in [0.1, 0.15) is 16.3 Å². The van der Waals surface area contributed by atoms with E-state index in [9.17, 15) is 22.8 Å². The molecule has 0 aliphatic carbocycles. The predicted octanol–water partition coefficient (Wildman–Crippen LogP) is 3.32. The molecule has 2 aromatic rings. The van der Waals surface area contributed by atoms with Gasteiger partial charge in [0.15, 0.2) is 11.6 Å². The van der Waals surface area contributed by atoms with Gasteiger partial charge in [-0.3, -0.25) is 9.59 Å². The minimum absolute atomic E-state index is 0.00780. The van der Waals surface area contributed by atoms with E-state index in [-0.39, 0.29) is 35.0 Å². The molecule has 0 fully saturated rings. The van der Waals surface area contributed by atoms with Gasteiger partial charge >= 0.3 is 5.97 Å². The van der Waals surface area contributed by atoms with Crippen molar-refractivity contribution in [3.8, 4) is 0 Å². The number of carbonyl (C=O) groups is 2. The third-order valence-corrected chi connectivity index (χ3v) is 4.33. The fourth-order valence-corrected chi connectivity index (χ4v) is 3.17. The molecule has 1 amide bonds. The van der Waals surface area contributed by atoms with Crippen LogP contribution in [0.4, 0.5) is 13.2 Å². The number of amides is 1. The molecule has 1 N–H and O–H groups in total. The summed E-state index contributed by atoms with van der Waals surface area (Å²) in [5, 5.41) is 8.90. The SMILES string of the molecule is CCCN(Cc1nc2c(F)c(F)cc(F)c2s1)C(=O)CCC(=O)O. The van der Waals surface area contributed by atoms with Crippen LogP contribution >= 0.6 is 11.3 Å². The molecule has 0 atom stereocenters. The Morgan fingerprint density at radius 3 is 2.58 bits per heavy atom. The second-order valence-corrected chi connectivity index (χ2v) is 6.23. The summed E-state index contributed by atoms with van der Waals surface area (Å²) in [5.41, 5.74) is -0.401. The van der Waals surface area contributed by atoms with Crippen LogP contribution in [0.2, 0.25) is 0 Å². The lowest BCUT2D eigenvalue weighted by Crippen LogP contribution is -2.31. The molecular weight excluding hydrogens is 345 g/mol. The molecule has 0 saturated heterocycles. The van der Waals surface area contributed by atoms with E-state index in [1.807, 2.05) is 6.92 Å². The van der Waals surface area contributed by atoms with Crippen molar-refractivity contribution < 1.29 is 27.9 Å². The van der Waals surface area contributed by atoms with Crippen LogP contribution in [0.25, 0.3) is 10.2 Å². The number of aliphatic carboxylic acids is 1. The van der Waals surface area contributed by atoms with Crippen LogP contribution in [0.15, 0.2) is 6.07 Å². The molecule has 1 aromatic heterocycles. The van der Waals surface area contributed by atoms with Gasteiger partial charge in [-0.25, -0.2) is 18.2 Å². The van der Waals surface area contributed by atoms with Crippen molar-refractivity contribution in [3.63, 3.8) is 0 Å². The number of hydrogen-bond donors (Lipinski definition) is 1. The van der Waals surface area contributed by atoms with Crippen molar-refractivity contribution in [2.75, 3.05) is 6.54 Å². The van der Waals surface area contributed by atoms with E-state index in [0.717, 1.165) is 11.3 Å². The topological polar surface area (TPSA) is 70.5 Å². The van der Waals surface area contributed by atoms with E-state index in [2.05, 4.69) is 4.98 Å². The van der Waals surface area contributed by atoms with Crippen LogP contribution in [0.1, 0.15) is 31.2 Å². The summed E-state index contributed by atoms with van der Waals surface area (Å²) in [4.78, 5) is 27.9. The van der Waals surface area contributed by atoms with Gasteiger partial charge in [0.2, 0.25) is 5.91 Å². The van der Waals surface area contributed by atoms with Gasteiger partial charge in [-0.15, -0.1) is 11.3 Å². The van der Waals surface area contributed by atoms with Crippen LogP contribution in [0.3, 0.4) is 0 Å². The van der Waals surface area contributed by atoms with Crippen molar-refractivity contribution in [1.82, 2.24) is 9.88 Å². The number of rotatable bonds is 7. The molecule has 1 aromatic carbocycles. The second-order valence-electron chi connectivity index (χ2n) is 5.15. The van der Waals surface area contributed by atoms with Crippen molar-refractivity contribution in [2.45, 2.75) is 32.7 Å². The number of carboxylic acids is 1. The molecule has 9 heteroatoms. The second kappa shape index (κ2) is 7.61. The number of fused-ring (bicyclic) bond motifs is 1. The Morgan fingerprint density at radius 2 is 1.96 bits per heavy atom. The van der Waals surface area contributed by atoms with E-state index in [4.69, 9.17) is 5.11 Å². The van der Waals surface area contributed by atoms with Crippen LogP contribution in [0, 0.1) is 17.5 Å². The Hall–Kier alpha value is -2.16. The number of thiazole rings is 1. The number of nitrogens with zero attached hydrogens (tertiary/aromatic N) is 2. The van der Waals surface area contributed by atoms with Crippen molar-refractivity contribution in [2.24, 2.45) is 0 Å². The zero-order chi connectivity index (χ0) is 17.9. The molecule has 1 heterocycles. The summed E-state index contributed by atoms with van der Waals surface area (Å²) in [7, 11) is 0. The zero-order valence-electron chi connectivity index (χ0n) is 12.8. The summed E-state index contributed by atoms with van der Waals surface area (Å²) in [6.07, 6.45) is 0.159. The zero-order valence-corrected chi connectivity index (χ0v) is 13.6. The van der Waals surface area contributed by atoms with Gasteiger partial charge in [0.25, 0.3) is 0 Å². The number of halogens is 3. The van der Waals surface area contributed by atoms with E-state index in [1.165, 1.54) is 4.90 Å². The average Bonchev–Trinajstić information content (AvgIpc) is 2.94. The highest BCUT2D eigenvalue weighted by Crippen LogP contribution is 2.29. The van der Waals surface area contributed by atoms with Crippen molar-refractivity contribution >= 4 is 33.4 Å². The summed E-state index contributed by atoms with van der Waals surface area (Å²) in [5.74, 6) is -4.93. The summed E-state index contributed by atoms with van der Waals surface area (Å²) in [6.45, 7) is 2.18. The normalized spacial score (nSPS) is 11.0. The smallest absolute Gasteiger partial charge is 0.303 e. The first kappa shape index (κ1) is 18.2. The number of carbonyl (C=O) groups excluding carboxylic acids is 1. The molecule has 0 aliphatic heterocycles. The van der Waals surface area contributed by atoms with E-state index in [1.54, 1.807) is 0 Å². The Bertz CT molecular complexity index is 779. The maximum atomic E-state index is 13.7. The fourth-order valence-electron chi connectivity index (χ4n) is 2.19. The molecule has 0 aliphatic rings. The van der Waals surface area contributed by atoms with Gasteiger partial charge in [0, 0.05) is 19.0 Å². The Kier molecular flexibility index (Phi) is 5.76. The largest absolute Gasteiger partial charge is 0.481 e. The Labute approximate surface area is 139 Å². The molecular formula is C15H15F3N2O3S. The average molecular weight is 360 g/mol. The van der Waals surface area contributed by atoms with E-state index in [0.29, 0.717) is 19.0 Å². The minimum atomic E-state index is -1.32. The van der Waals surface area contributed by atoms with Crippen LogP contribution in [-0.2, 0) is 16.1 Å². The van der Waals surface area contributed by atoms with Crippen molar-refractivity contribution in [1.29, 1.82) is 0 Å². The Morgan fingerprint density at radius 1 is 1.25 bits per heavy atom. The standard InChI is InChI=1S/C15H15F3N2O3S/c1-2-5-20(11(21)3-4-12(22)23)7-10-19-14-13(18)8(16)6-9(17)15(14)24-10/h6H,2-5,7H2,1H3,(H,22,23). The molecule has 0 bridgehead atoms. The molecule has 0 saturated carbocycles. The lowest BCUT2D eigenvalue weighted by Gasteiger charge is -2.20. The van der Waals surface area contributed by atoms with E-state index >= 15 is 0 Å². The first-order chi connectivity index (χ1) is 11.3. The van der Waals surface area contributed by atoms with Gasteiger partial charge in [-0.2, -0.15) is 0 Å². The third-order valence-electron chi connectivity index (χ3n) is 3.28. The van der Waals surface area contributed by atoms with Gasteiger partial charge in [-0.1, -0.05) is 6.92 Å². The van der Waals surface area contributed by atoms with Crippen LogP contribution in [0.5, 0.6) is 0 Å². The third kappa shape index (κ3) is 4.02. The quantitative estimate of drug-likeness (QED) is 0.769. The maximum absolute atomic E-state index is 13.7. The molecule has 24 heavy (non-hydrogen) atoms. The molecule has 5 nitrogen and oxygen atoms in total. The summed E-state index contributed by atoms with van der Waals surface area (Å²) >= 11 is 0.840. The van der Waals surface area contributed by atoms with Gasteiger partial charge in [0.05, 0.1) is 17.7 Å². The highest BCUT2D eigenvalue weighted by Gasteiger charge is 2.20. The molecule has 0 radical (unpaired) electrons. The molecule has 0 spiro atoms. The fraction of sp³-hybridized carbons (Fsp3) is 0.400. The predicted molar refractivity (Wildman–Crippen MR) is 82.1 cm³/mol. The summed E-state index contributed by atoms with van der Waals surface area (Å²) < 4.78 is 40.5. The number of aromatic nitrogens is 1. The monoisotopic (exact) mass is 360 g/mol. The first-order valence-corrected chi connectivity index (χ1v) is 8.07. The molecule has 2 rings (SSSR count). The number of carboxylic acid groups (broad SMARTS) is 1. The van der Waals surface area contributed by atoms with Crippen LogP contribution < -0.4 is 0 Å². The van der Waals surface area contributed by atoms with Gasteiger partial charge in [-0.05, 0) is 6.42 Å². The summed E-state index contributed by atoms with van der Waals surface area (Å²) in [6, 6.07) is 0.460. The first-order valence-electron chi connectivity index (χ1n) is 7.26. The lowest BCUT2D eigenvalue weighted by atomic mass is 10.2. The van der Waals surface area contributed by atoms with Gasteiger partial charge < -0.3 is 10.0 Å². The maximum Gasteiger partial charge on any atom is 0.303 e. The highest BCUT2D eigenvalue weighted by molar-refractivity contribution is 7.18. The lowest BCUT2D eigenvalue weighted by molar-refractivity contribution is -0.141. The molecule has 0 unspecified atom stereocenters. The number of benzene rings is 1. The molecule has 130 valence electrons. The van der Waals surface area contributed by atoms with E-state index < -0.39 is 28.9 Å². The Balaban J connectivity index is 2.24. The minimum Gasteiger partial charge on any atom is -0.481 e. The van der Waals surface area contributed by atoms with Crippen LogP contribution in [-0.4, -0.2) is 33.4 Å². The highest BCUT2D eigenvalue weighted by atomic mass is 32.1. The van der Waals surface area contributed by atoms with Crippen molar-refractivity contribution in [3.05, 3.63) is 28.5 Å². The number of hydrogen-bond acceptors (Lipinski definition) is 4.